The summed E-state index contributed by atoms with van der Waals surface area (Å²) in [5.74, 6) is -2.45. The zero-order valence-electron chi connectivity index (χ0n) is 15.7. The minimum Gasteiger partial charge on any atom is -0.550 e. The maximum Gasteiger partial charge on any atom is 0.227 e. The zero-order chi connectivity index (χ0) is 19.5. The molecular weight excluding hydrogens is 350 g/mol. The molecule has 4 heteroatoms. The number of fused-ring (bicyclic) bond motifs is 2. The highest BCUT2D eigenvalue weighted by molar-refractivity contribution is 5.86. The van der Waals surface area contributed by atoms with Crippen molar-refractivity contribution in [3.05, 3.63) is 83.9 Å². The maximum atomic E-state index is 13.5. The van der Waals surface area contributed by atoms with Crippen LogP contribution in [0.5, 0.6) is 0 Å². The van der Waals surface area contributed by atoms with Crippen LogP contribution in [0.25, 0.3) is 0 Å². The van der Waals surface area contributed by atoms with Crippen LogP contribution in [-0.2, 0) is 22.6 Å². The molecule has 0 spiro atoms. The van der Waals surface area contributed by atoms with Gasteiger partial charge in [-0.15, -0.1) is 0 Å². The van der Waals surface area contributed by atoms with Crippen molar-refractivity contribution >= 4 is 11.9 Å². The lowest BCUT2D eigenvalue weighted by atomic mass is 9.82. The van der Waals surface area contributed by atoms with Crippen molar-refractivity contribution in [3.63, 3.8) is 0 Å². The highest BCUT2D eigenvalue weighted by atomic mass is 16.4. The van der Waals surface area contributed by atoms with Gasteiger partial charge >= 0.3 is 0 Å². The lowest BCUT2D eigenvalue weighted by Gasteiger charge is -2.33. The van der Waals surface area contributed by atoms with Gasteiger partial charge in [-0.3, -0.25) is 4.79 Å². The summed E-state index contributed by atoms with van der Waals surface area (Å²) in [5.41, 5.74) is 2.21. The Bertz CT molecular complexity index is 862. The Morgan fingerprint density at radius 1 is 0.857 bits per heavy atom. The summed E-state index contributed by atoms with van der Waals surface area (Å²) in [4.78, 5) is 27.1. The van der Waals surface area contributed by atoms with Gasteiger partial charge in [0.25, 0.3) is 0 Å². The number of hydrogen-bond acceptors (Lipinski definition) is 3. The first-order valence-corrected chi connectivity index (χ1v) is 9.89. The molecule has 144 valence electrons. The number of aliphatic carboxylic acids is 1. The second kappa shape index (κ2) is 8.01. The van der Waals surface area contributed by atoms with Gasteiger partial charge in [0, 0.05) is 25.0 Å². The normalized spacial score (nSPS) is 25.0. The summed E-state index contributed by atoms with van der Waals surface area (Å²) in [6.45, 7) is 1.05. The predicted molar refractivity (Wildman–Crippen MR) is 105 cm³/mol. The van der Waals surface area contributed by atoms with E-state index in [1.165, 1.54) is 0 Å². The van der Waals surface area contributed by atoms with E-state index in [0.29, 0.717) is 13.1 Å². The van der Waals surface area contributed by atoms with Crippen LogP contribution in [0.3, 0.4) is 0 Å². The summed E-state index contributed by atoms with van der Waals surface area (Å²) >= 11 is 0. The topological polar surface area (TPSA) is 60.4 Å². The van der Waals surface area contributed by atoms with E-state index in [9.17, 15) is 14.7 Å². The minimum atomic E-state index is -1.10. The number of amides is 1. The molecule has 28 heavy (non-hydrogen) atoms. The zero-order valence-corrected chi connectivity index (χ0v) is 15.7. The van der Waals surface area contributed by atoms with Crippen LogP contribution in [-0.4, -0.2) is 23.3 Å². The molecule has 2 aliphatic rings. The molecule has 2 aromatic rings. The molecule has 0 radical (unpaired) electrons. The number of rotatable bonds is 7. The van der Waals surface area contributed by atoms with E-state index in [1.807, 2.05) is 65.6 Å². The molecule has 0 saturated heterocycles. The van der Waals surface area contributed by atoms with Gasteiger partial charge in [-0.05, 0) is 35.8 Å². The number of carboxylic acid groups (broad SMARTS) is 1. The number of carbonyl (C=O) groups excluding carboxylic acids is 2. The average Bonchev–Trinajstić information content (AvgIpc) is 3.34. The molecule has 4 rings (SSSR count). The Balaban J connectivity index is 1.56. The largest absolute Gasteiger partial charge is 0.550 e. The number of benzene rings is 2. The lowest BCUT2D eigenvalue weighted by molar-refractivity contribution is -0.313. The van der Waals surface area contributed by atoms with Crippen LogP contribution in [0.15, 0.2) is 72.8 Å². The number of hydrogen-bond donors (Lipinski definition) is 0. The van der Waals surface area contributed by atoms with E-state index < -0.39 is 17.8 Å². The second-order valence-electron chi connectivity index (χ2n) is 7.80. The molecule has 1 saturated carbocycles. The standard InChI is InChI=1S/C24H25NO3/c26-23(21-19-11-12-20(15-19)22(21)24(27)28)25(16-18-9-5-2-6-10-18)14-13-17-7-3-1-4-8-17/h1-12,19-22H,13-16H2,(H,27,28)/p-1/t19-,20+,21+,22+/m0/s1. The number of nitrogens with zero attached hydrogens (tertiary/aromatic N) is 1. The van der Waals surface area contributed by atoms with Crippen LogP contribution in [0.2, 0.25) is 0 Å². The van der Waals surface area contributed by atoms with E-state index in [1.54, 1.807) is 0 Å². The SMILES string of the molecule is O=C([O-])[C@H]1[C@H](C(=O)N(CCc2ccccc2)Cc2ccccc2)[C@H]2C=C[C@@H]1C2. The van der Waals surface area contributed by atoms with Gasteiger partial charge in [0.1, 0.15) is 0 Å². The molecule has 0 heterocycles. The number of carboxylic acids is 1. The highest BCUT2D eigenvalue weighted by Gasteiger charge is 2.49. The van der Waals surface area contributed by atoms with Gasteiger partial charge < -0.3 is 14.8 Å². The fourth-order valence-electron chi connectivity index (χ4n) is 4.67. The monoisotopic (exact) mass is 374 g/mol. The number of carbonyl (C=O) groups is 2. The van der Waals surface area contributed by atoms with Crippen LogP contribution < -0.4 is 5.11 Å². The fourth-order valence-corrected chi connectivity index (χ4v) is 4.67. The molecule has 2 bridgehead atoms. The molecule has 4 atom stereocenters. The summed E-state index contributed by atoms with van der Waals surface area (Å²) < 4.78 is 0. The van der Waals surface area contributed by atoms with Crippen molar-refractivity contribution in [2.75, 3.05) is 6.54 Å². The third-order valence-electron chi connectivity index (χ3n) is 6.06. The summed E-state index contributed by atoms with van der Waals surface area (Å²) in [7, 11) is 0. The third kappa shape index (κ3) is 3.72. The van der Waals surface area contributed by atoms with E-state index in [4.69, 9.17) is 0 Å². The Morgan fingerprint density at radius 2 is 1.43 bits per heavy atom. The predicted octanol–water partition coefficient (Wildman–Crippen LogP) is 2.45. The van der Waals surface area contributed by atoms with Crippen LogP contribution in [0.1, 0.15) is 17.5 Å². The van der Waals surface area contributed by atoms with Crippen molar-refractivity contribution in [3.8, 4) is 0 Å². The molecular formula is C24H24NO3-. The first-order chi connectivity index (χ1) is 13.6. The Morgan fingerprint density at radius 3 is 2.04 bits per heavy atom. The molecule has 0 N–H and O–H groups in total. The van der Waals surface area contributed by atoms with Crippen LogP contribution in [0, 0.1) is 23.7 Å². The quantitative estimate of drug-likeness (QED) is 0.700. The molecule has 1 amide bonds. The smallest absolute Gasteiger partial charge is 0.227 e. The van der Waals surface area contributed by atoms with E-state index in [2.05, 4.69) is 12.1 Å². The Labute approximate surface area is 165 Å². The van der Waals surface area contributed by atoms with Gasteiger partial charge in [0.05, 0.1) is 5.92 Å². The Kier molecular flexibility index (Phi) is 5.29. The van der Waals surface area contributed by atoms with Crippen molar-refractivity contribution in [2.45, 2.75) is 19.4 Å². The minimum absolute atomic E-state index is 0.00963. The van der Waals surface area contributed by atoms with Crippen molar-refractivity contribution in [1.29, 1.82) is 0 Å². The molecule has 1 fully saturated rings. The van der Waals surface area contributed by atoms with E-state index in [0.717, 1.165) is 24.0 Å². The summed E-state index contributed by atoms with van der Waals surface area (Å²) in [6.07, 6.45) is 5.45. The molecule has 0 unspecified atom stereocenters. The maximum absolute atomic E-state index is 13.5. The molecule has 0 aliphatic heterocycles. The van der Waals surface area contributed by atoms with Crippen LogP contribution >= 0.6 is 0 Å². The van der Waals surface area contributed by atoms with E-state index in [-0.39, 0.29) is 17.7 Å². The van der Waals surface area contributed by atoms with Crippen molar-refractivity contribution < 1.29 is 14.7 Å². The number of allylic oxidation sites excluding steroid dienone is 2. The summed E-state index contributed by atoms with van der Waals surface area (Å²) in [6, 6.07) is 19.9. The lowest BCUT2D eigenvalue weighted by Crippen LogP contribution is -2.46. The van der Waals surface area contributed by atoms with Gasteiger partial charge in [-0.2, -0.15) is 0 Å². The fraction of sp³-hybridized carbons (Fsp3) is 0.333. The summed E-state index contributed by atoms with van der Waals surface area (Å²) in [5, 5.41) is 11.8. The highest BCUT2D eigenvalue weighted by Crippen LogP contribution is 2.48. The second-order valence-corrected chi connectivity index (χ2v) is 7.80. The molecule has 2 aliphatic carbocycles. The molecule has 4 nitrogen and oxygen atoms in total. The van der Waals surface area contributed by atoms with Gasteiger partial charge in [0.15, 0.2) is 0 Å². The van der Waals surface area contributed by atoms with Crippen molar-refractivity contribution in [2.24, 2.45) is 23.7 Å². The molecule has 0 aromatic heterocycles. The Hall–Kier alpha value is -2.88. The average molecular weight is 374 g/mol. The van der Waals surface area contributed by atoms with Gasteiger partial charge in [0.2, 0.25) is 5.91 Å². The third-order valence-corrected chi connectivity index (χ3v) is 6.06. The first kappa shape index (κ1) is 18.5. The first-order valence-electron chi connectivity index (χ1n) is 9.89. The van der Waals surface area contributed by atoms with Gasteiger partial charge in [-0.1, -0.05) is 72.8 Å². The van der Waals surface area contributed by atoms with Gasteiger partial charge in [-0.25, -0.2) is 0 Å². The molecule has 2 aromatic carbocycles. The van der Waals surface area contributed by atoms with E-state index >= 15 is 0 Å². The van der Waals surface area contributed by atoms with Crippen molar-refractivity contribution in [1.82, 2.24) is 4.90 Å². The van der Waals surface area contributed by atoms with Crippen LogP contribution in [0.4, 0.5) is 0 Å².